The number of carbonyl (C=O) groups excluding carboxylic acids is 2. The number of Topliss-reactive ketones (excluding diaryl/α,β-unsaturated/α-hetero) is 1. The lowest BCUT2D eigenvalue weighted by Crippen LogP contribution is -2.30. The van der Waals surface area contributed by atoms with Crippen LogP contribution in [0.4, 0.5) is 0 Å². The number of nitrogens with zero attached hydrogens (tertiary/aromatic N) is 1. The fourth-order valence-electron chi connectivity index (χ4n) is 4.61. The Labute approximate surface area is 214 Å². The van der Waals surface area contributed by atoms with Gasteiger partial charge in [0, 0.05) is 12.1 Å². The van der Waals surface area contributed by atoms with Gasteiger partial charge < -0.3 is 29.0 Å². The lowest BCUT2D eigenvalue weighted by Gasteiger charge is -2.25. The summed E-state index contributed by atoms with van der Waals surface area (Å²) in [6, 6.07) is 19.1. The van der Waals surface area contributed by atoms with E-state index < -0.39 is 17.7 Å². The summed E-state index contributed by atoms with van der Waals surface area (Å²) in [7, 11) is 1.55. The molecule has 1 unspecified atom stereocenters. The summed E-state index contributed by atoms with van der Waals surface area (Å²) in [5.41, 5.74) is 1.97. The number of aliphatic hydroxyl groups excluding tert-OH is 1. The van der Waals surface area contributed by atoms with E-state index >= 15 is 0 Å². The fraction of sp³-hybridized carbons (Fsp3) is 0.241. The molecule has 2 aliphatic rings. The first kappa shape index (κ1) is 24.2. The molecule has 1 N–H and O–H groups in total. The topological polar surface area (TPSA) is 94.5 Å². The minimum Gasteiger partial charge on any atom is -0.507 e. The molecule has 1 saturated heterocycles. The molecule has 1 amide bonds. The van der Waals surface area contributed by atoms with Crippen molar-refractivity contribution in [2.24, 2.45) is 0 Å². The number of fused-ring (bicyclic) bond motifs is 1. The number of rotatable bonds is 8. The summed E-state index contributed by atoms with van der Waals surface area (Å²) in [6.45, 7) is 2.67. The minimum absolute atomic E-state index is 0.0106. The second-order valence-corrected chi connectivity index (χ2v) is 8.75. The van der Waals surface area contributed by atoms with Gasteiger partial charge in [0.2, 0.25) is 6.79 Å². The molecule has 2 heterocycles. The highest BCUT2D eigenvalue weighted by Crippen LogP contribution is 2.43. The molecule has 0 aliphatic carbocycles. The largest absolute Gasteiger partial charge is 0.507 e. The molecule has 0 saturated carbocycles. The number of carbonyl (C=O) groups is 2. The minimum atomic E-state index is -0.796. The Balaban J connectivity index is 1.57. The molecule has 8 heteroatoms. The van der Waals surface area contributed by atoms with E-state index in [1.807, 2.05) is 37.3 Å². The van der Waals surface area contributed by atoms with Gasteiger partial charge in [-0.3, -0.25) is 9.59 Å². The lowest BCUT2D eigenvalue weighted by atomic mass is 9.94. The summed E-state index contributed by atoms with van der Waals surface area (Å²) in [5.74, 6) is 0.326. The van der Waals surface area contributed by atoms with Crippen LogP contribution in [0.3, 0.4) is 0 Å². The standard InChI is InChI=1S/C29H27NO7/c1-3-13-30-26(19-9-11-21(34-2)23(14-19)35-16-18-7-5-4-6-8-18)25(28(32)29(30)33)27(31)20-10-12-22-24(15-20)37-17-36-22/h4-12,14-15,26,31H,3,13,16-17H2,1-2H3/b27-25+. The van der Waals surface area contributed by atoms with Crippen molar-refractivity contribution in [3.63, 3.8) is 0 Å². The van der Waals surface area contributed by atoms with E-state index in [9.17, 15) is 14.7 Å². The van der Waals surface area contributed by atoms with Crippen LogP contribution in [0.15, 0.2) is 72.3 Å². The quantitative estimate of drug-likeness (QED) is 0.268. The van der Waals surface area contributed by atoms with E-state index in [2.05, 4.69) is 0 Å². The summed E-state index contributed by atoms with van der Waals surface area (Å²) in [6.07, 6.45) is 0.640. The van der Waals surface area contributed by atoms with Gasteiger partial charge in [-0.15, -0.1) is 0 Å². The van der Waals surface area contributed by atoms with Crippen molar-refractivity contribution in [3.8, 4) is 23.0 Å². The highest BCUT2D eigenvalue weighted by Gasteiger charge is 2.46. The predicted molar refractivity (Wildman–Crippen MR) is 136 cm³/mol. The normalized spacial score (nSPS) is 17.8. The highest BCUT2D eigenvalue weighted by atomic mass is 16.7. The summed E-state index contributed by atoms with van der Waals surface area (Å²) >= 11 is 0. The number of amides is 1. The molecule has 37 heavy (non-hydrogen) atoms. The van der Waals surface area contributed by atoms with Crippen LogP contribution in [-0.2, 0) is 16.2 Å². The van der Waals surface area contributed by atoms with E-state index in [0.717, 1.165) is 5.56 Å². The van der Waals surface area contributed by atoms with Crippen molar-refractivity contribution >= 4 is 17.4 Å². The molecule has 2 aliphatic heterocycles. The van der Waals surface area contributed by atoms with Gasteiger partial charge in [-0.25, -0.2) is 0 Å². The second-order valence-electron chi connectivity index (χ2n) is 8.75. The molecular weight excluding hydrogens is 474 g/mol. The Morgan fingerprint density at radius 3 is 2.54 bits per heavy atom. The third kappa shape index (κ3) is 4.58. The van der Waals surface area contributed by atoms with Crippen LogP contribution in [-0.4, -0.2) is 42.1 Å². The zero-order valence-electron chi connectivity index (χ0n) is 20.6. The van der Waals surface area contributed by atoms with Crippen LogP contribution in [0.5, 0.6) is 23.0 Å². The first-order valence-corrected chi connectivity index (χ1v) is 12.0. The highest BCUT2D eigenvalue weighted by molar-refractivity contribution is 6.46. The maximum absolute atomic E-state index is 13.2. The Hall–Kier alpha value is -4.46. The molecule has 1 fully saturated rings. The third-order valence-electron chi connectivity index (χ3n) is 6.39. The number of ether oxygens (including phenoxy) is 4. The van der Waals surface area contributed by atoms with E-state index in [1.54, 1.807) is 43.5 Å². The average molecular weight is 502 g/mol. The maximum atomic E-state index is 13.2. The molecule has 3 aromatic carbocycles. The van der Waals surface area contributed by atoms with Crippen LogP contribution >= 0.6 is 0 Å². The van der Waals surface area contributed by atoms with Crippen molar-refractivity contribution in [2.45, 2.75) is 26.0 Å². The molecule has 0 aromatic heterocycles. The van der Waals surface area contributed by atoms with Crippen LogP contribution in [0.25, 0.3) is 5.76 Å². The number of ketones is 1. The van der Waals surface area contributed by atoms with Gasteiger partial charge in [-0.1, -0.05) is 43.3 Å². The van der Waals surface area contributed by atoms with Gasteiger partial charge in [-0.05, 0) is 47.9 Å². The Bertz CT molecular complexity index is 1370. The van der Waals surface area contributed by atoms with E-state index in [4.69, 9.17) is 18.9 Å². The Kier molecular flexibility index (Phi) is 6.72. The van der Waals surface area contributed by atoms with Crippen LogP contribution in [0.2, 0.25) is 0 Å². The van der Waals surface area contributed by atoms with E-state index in [0.29, 0.717) is 53.7 Å². The summed E-state index contributed by atoms with van der Waals surface area (Å²) < 4.78 is 22.3. The summed E-state index contributed by atoms with van der Waals surface area (Å²) in [5, 5.41) is 11.3. The number of benzene rings is 3. The van der Waals surface area contributed by atoms with E-state index in [1.165, 1.54) is 4.90 Å². The summed E-state index contributed by atoms with van der Waals surface area (Å²) in [4.78, 5) is 27.8. The van der Waals surface area contributed by atoms with Crippen LogP contribution in [0.1, 0.15) is 36.1 Å². The molecule has 0 spiro atoms. The van der Waals surface area contributed by atoms with Gasteiger partial charge >= 0.3 is 0 Å². The molecule has 3 aromatic rings. The first-order valence-electron chi connectivity index (χ1n) is 12.0. The lowest BCUT2D eigenvalue weighted by molar-refractivity contribution is -0.139. The molecule has 5 rings (SSSR count). The fourth-order valence-corrected chi connectivity index (χ4v) is 4.61. The molecule has 190 valence electrons. The monoisotopic (exact) mass is 501 g/mol. The van der Waals surface area contributed by atoms with Gasteiger partial charge in [0.1, 0.15) is 12.4 Å². The molecule has 0 bridgehead atoms. The SMILES string of the molecule is CCCN1C(=O)C(=O)/C(=C(/O)c2ccc3c(c2)OCO3)C1c1ccc(OC)c(OCc2ccccc2)c1. The van der Waals surface area contributed by atoms with Crippen molar-refractivity contribution in [1.82, 2.24) is 4.90 Å². The van der Waals surface area contributed by atoms with Crippen molar-refractivity contribution in [1.29, 1.82) is 0 Å². The van der Waals surface area contributed by atoms with Gasteiger partial charge in [0.05, 0.1) is 18.7 Å². The van der Waals surface area contributed by atoms with Crippen LogP contribution < -0.4 is 18.9 Å². The molecule has 0 radical (unpaired) electrons. The molecule has 1 atom stereocenters. The number of likely N-dealkylation sites (tertiary alicyclic amines) is 1. The predicted octanol–water partition coefficient (Wildman–Crippen LogP) is 4.83. The average Bonchev–Trinajstić information content (AvgIpc) is 3.50. The Morgan fingerprint density at radius 1 is 1.00 bits per heavy atom. The van der Waals surface area contributed by atoms with Crippen molar-refractivity contribution in [2.75, 3.05) is 20.4 Å². The number of aliphatic hydroxyl groups is 1. The Morgan fingerprint density at radius 2 is 1.78 bits per heavy atom. The van der Waals surface area contributed by atoms with Gasteiger partial charge in [-0.2, -0.15) is 0 Å². The van der Waals surface area contributed by atoms with E-state index in [-0.39, 0.29) is 18.1 Å². The maximum Gasteiger partial charge on any atom is 0.295 e. The van der Waals surface area contributed by atoms with Gasteiger partial charge in [0.15, 0.2) is 23.0 Å². The second kappa shape index (κ2) is 10.3. The van der Waals surface area contributed by atoms with Crippen molar-refractivity contribution < 1.29 is 33.6 Å². The van der Waals surface area contributed by atoms with Crippen molar-refractivity contribution in [3.05, 3.63) is 89.0 Å². The smallest absolute Gasteiger partial charge is 0.295 e. The number of hydrogen-bond acceptors (Lipinski definition) is 7. The van der Waals surface area contributed by atoms with Crippen LogP contribution in [0, 0.1) is 0 Å². The number of methoxy groups -OCH3 is 1. The third-order valence-corrected chi connectivity index (χ3v) is 6.39. The molecule has 8 nitrogen and oxygen atoms in total. The molecular formula is C29H27NO7. The first-order chi connectivity index (χ1) is 18.0. The zero-order valence-corrected chi connectivity index (χ0v) is 20.6. The number of hydrogen-bond donors (Lipinski definition) is 1. The van der Waals surface area contributed by atoms with Gasteiger partial charge in [0.25, 0.3) is 11.7 Å². The zero-order chi connectivity index (χ0) is 25.9.